The van der Waals surface area contributed by atoms with Crippen molar-refractivity contribution in [3.8, 4) is 5.75 Å². The largest absolute Gasteiger partial charge is 0.486 e. The van der Waals surface area contributed by atoms with Crippen molar-refractivity contribution in [1.29, 1.82) is 0 Å². The predicted molar refractivity (Wildman–Crippen MR) is 80.0 cm³/mol. The maximum Gasteiger partial charge on any atom is 0.223 e. The fraction of sp³-hybridized carbons (Fsp3) is 0.0833. The molecule has 0 amide bonds. The molecule has 0 saturated heterocycles. The van der Waals surface area contributed by atoms with Gasteiger partial charge >= 0.3 is 0 Å². The molecule has 0 aliphatic carbocycles. The number of nitrogens with two attached hydrogens (primary N) is 3. The second kappa shape index (κ2) is 6.53. The summed E-state index contributed by atoms with van der Waals surface area (Å²) >= 11 is 1.55. The second-order valence-electron chi connectivity index (χ2n) is 3.72. The molecule has 0 aliphatic rings. The first kappa shape index (κ1) is 13.8. The first-order chi connectivity index (χ1) is 9.63. The monoisotopic (exact) mass is 290 g/mol. The van der Waals surface area contributed by atoms with Crippen molar-refractivity contribution in [1.82, 2.24) is 4.98 Å². The number of benzene rings is 1. The lowest BCUT2D eigenvalue weighted by Gasteiger charge is -2.04. The first-order valence-electron chi connectivity index (χ1n) is 5.68. The van der Waals surface area contributed by atoms with Gasteiger partial charge in [-0.05, 0) is 24.3 Å². The van der Waals surface area contributed by atoms with Gasteiger partial charge in [0, 0.05) is 11.6 Å². The highest BCUT2D eigenvalue weighted by molar-refractivity contribution is 7.09. The number of thiazole rings is 1. The first-order valence-corrected chi connectivity index (χ1v) is 6.56. The van der Waals surface area contributed by atoms with Crippen molar-refractivity contribution in [2.24, 2.45) is 27.2 Å². The molecule has 6 N–H and O–H groups in total. The molecule has 0 spiro atoms. The van der Waals surface area contributed by atoms with Crippen LogP contribution in [-0.4, -0.2) is 16.9 Å². The highest BCUT2D eigenvalue weighted by atomic mass is 32.1. The summed E-state index contributed by atoms with van der Waals surface area (Å²) in [5, 5.41) is 2.83. The summed E-state index contributed by atoms with van der Waals surface area (Å²) in [5.41, 5.74) is 16.6. The Labute approximate surface area is 119 Å². The Balaban J connectivity index is 1.97. The Morgan fingerprint density at radius 2 is 1.95 bits per heavy atom. The molecule has 0 radical (unpaired) electrons. The third kappa shape index (κ3) is 4.25. The fourth-order valence-electron chi connectivity index (χ4n) is 1.38. The van der Waals surface area contributed by atoms with Crippen LogP contribution < -0.4 is 21.9 Å². The lowest BCUT2D eigenvalue weighted by Crippen LogP contribution is -2.26. The molecule has 8 heteroatoms. The third-order valence-electron chi connectivity index (χ3n) is 2.17. The van der Waals surface area contributed by atoms with Crippen LogP contribution in [0.3, 0.4) is 0 Å². The Bertz CT molecular complexity index is 601. The Morgan fingerprint density at radius 1 is 1.20 bits per heavy atom. The standard InChI is InChI=1S/C12H14N6OS/c13-11(14)18-12(15)17-8-1-3-9(4-2-8)19-7-10-16-5-6-20-10/h1-6H,7H2,(H6,13,14,15,17,18). The molecule has 0 saturated carbocycles. The summed E-state index contributed by atoms with van der Waals surface area (Å²) < 4.78 is 5.58. The minimum Gasteiger partial charge on any atom is -0.486 e. The van der Waals surface area contributed by atoms with E-state index in [-0.39, 0.29) is 11.9 Å². The van der Waals surface area contributed by atoms with Crippen LogP contribution in [0, 0.1) is 0 Å². The number of guanidine groups is 2. The predicted octanol–water partition coefficient (Wildman–Crippen LogP) is 0.942. The molecule has 1 heterocycles. The van der Waals surface area contributed by atoms with Crippen LogP contribution in [0.15, 0.2) is 45.8 Å². The Hall–Kier alpha value is -2.61. The van der Waals surface area contributed by atoms with Gasteiger partial charge in [-0.25, -0.2) is 9.98 Å². The maximum atomic E-state index is 5.58. The normalized spacial score (nSPS) is 11.1. The number of aliphatic imine (C=N–C) groups is 2. The van der Waals surface area contributed by atoms with Crippen molar-refractivity contribution in [3.05, 3.63) is 40.8 Å². The fourth-order valence-corrected chi connectivity index (χ4v) is 1.90. The molecular formula is C12H14N6OS. The zero-order chi connectivity index (χ0) is 14.4. The molecule has 7 nitrogen and oxygen atoms in total. The van der Waals surface area contributed by atoms with Gasteiger partial charge in [0.15, 0.2) is 5.96 Å². The van der Waals surface area contributed by atoms with Crippen molar-refractivity contribution >= 4 is 28.9 Å². The van der Waals surface area contributed by atoms with Crippen molar-refractivity contribution in [3.63, 3.8) is 0 Å². The lowest BCUT2D eigenvalue weighted by molar-refractivity contribution is 0.305. The van der Waals surface area contributed by atoms with Gasteiger partial charge in [-0.2, -0.15) is 4.99 Å². The highest BCUT2D eigenvalue weighted by Gasteiger charge is 1.99. The van der Waals surface area contributed by atoms with E-state index in [0.717, 1.165) is 10.8 Å². The quantitative estimate of drug-likeness (QED) is 0.571. The van der Waals surface area contributed by atoms with E-state index in [1.165, 1.54) is 0 Å². The van der Waals surface area contributed by atoms with Crippen LogP contribution >= 0.6 is 11.3 Å². The molecule has 20 heavy (non-hydrogen) atoms. The van der Waals surface area contributed by atoms with E-state index >= 15 is 0 Å². The molecular weight excluding hydrogens is 276 g/mol. The number of ether oxygens (including phenoxy) is 1. The zero-order valence-electron chi connectivity index (χ0n) is 10.6. The van der Waals surface area contributed by atoms with Crippen LogP contribution in [0.1, 0.15) is 5.01 Å². The molecule has 0 bridgehead atoms. The van der Waals surface area contributed by atoms with Crippen LogP contribution in [-0.2, 0) is 6.61 Å². The molecule has 0 fully saturated rings. The highest BCUT2D eigenvalue weighted by Crippen LogP contribution is 2.19. The van der Waals surface area contributed by atoms with Crippen LogP contribution in [0.2, 0.25) is 0 Å². The van der Waals surface area contributed by atoms with E-state index in [1.54, 1.807) is 41.8 Å². The smallest absolute Gasteiger partial charge is 0.223 e. The zero-order valence-corrected chi connectivity index (χ0v) is 11.4. The van der Waals surface area contributed by atoms with E-state index in [9.17, 15) is 0 Å². The Kier molecular flexibility index (Phi) is 4.51. The van der Waals surface area contributed by atoms with Gasteiger partial charge in [0.05, 0.1) is 5.69 Å². The molecule has 2 rings (SSSR count). The van der Waals surface area contributed by atoms with Gasteiger partial charge in [-0.3, -0.25) is 0 Å². The van der Waals surface area contributed by atoms with Crippen molar-refractivity contribution in [2.75, 3.05) is 0 Å². The number of nitrogens with zero attached hydrogens (tertiary/aromatic N) is 3. The molecule has 1 aromatic heterocycles. The summed E-state index contributed by atoms with van der Waals surface area (Å²) in [7, 11) is 0. The van der Waals surface area contributed by atoms with E-state index < -0.39 is 0 Å². The Morgan fingerprint density at radius 3 is 2.55 bits per heavy atom. The van der Waals surface area contributed by atoms with Crippen molar-refractivity contribution < 1.29 is 4.74 Å². The number of aromatic nitrogens is 1. The average Bonchev–Trinajstić information content (AvgIpc) is 2.90. The number of hydrogen-bond donors (Lipinski definition) is 3. The van der Waals surface area contributed by atoms with Gasteiger partial charge in [-0.1, -0.05) is 0 Å². The summed E-state index contributed by atoms with van der Waals surface area (Å²) in [6.45, 7) is 0.441. The summed E-state index contributed by atoms with van der Waals surface area (Å²) in [5.74, 6) is 0.593. The van der Waals surface area contributed by atoms with Gasteiger partial charge in [0.2, 0.25) is 5.96 Å². The molecule has 0 aliphatic heterocycles. The minimum atomic E-state index is -0.130. The third-order valence-corrected chi connectivity index (χ3v) is 2.92. The van der Waals surface area contributed by atoms with Crippen molar-refractivity contribution in [2.45, 2.75) is 6.61 Å². The van der Waals surface area contributed by atoms with Gasteiger partial charge in [0.25, 0.3) is 0 Å². The number of rotatable bonds is 4. The summed E-state index contributed by atoms with van der Waals surface area (Å²) in [6.07, 6.45) is 1.74. The van der Waals surface area contributed by atoms with Crippen LogP contribution in [0.4, 0.5) is 5.69 Å². The van der Waals surface area contributed by atoms with E-state index in [1.807, 2.05) is 5.38 Å². The lowest BCUT2D eigenvalue weighted by atomic mass is 10.3. The maximum absolute atomic E-state index is 5.58. The summed E-state index contributed by atoms with van der Waals surface area (Å²) in [6, 6.07) is 7.09. The second-order valence-corrected chi connectivity index (χ2v) is 4.69. The molecule has 1 aromatic carbocycles. The van der Waals surface area contributed by atoms with Gasteiger partial charge in [-0.15, -0.1) is 11.3 Å². The van der Waals surface area contributed by atoms with E-state index in [2.05, 4.69) is 15.0 Å². The SMILES string of the molecule is NC(N)=NC(N)=Nc1ccc(OCc2nccs2)cc1. The van der Waals surface area contributed by atoms with Crippen LogP contribution in [0.5, 0.6) is 5.75 Å². The van der Waals surface area contributed by atoms with Gasteiger partial charge < -0.3 is 21.9 Å². The molecule has 0 atom stereocenters. The summed E-state index contributed by atoms with van der Waals surface area (Å²) in [4.78, 5) is 11.8. The van der Waals surface area contributed by atoms with E-state index in [0.29, 0.717) is 12.3 Å². The van der Waals surface area contributed by atoms with Gasteiger partial charge in [0.1, 0.15) is 17.4 Å². The minimum absolute atomic E-state index is 0.00135. The van der Waals surface area contributed by atoms with E-state index in [4.69, 9.17) is 21.9 Å². The topological polar surface area (TPSA) is 125 Å². The molecule has 0 unspecified atom stereocenters. The molecule has 104 valence electrons. The molecule has 2 aromatic rings. The van der Waals surface area contributed by atoms with Crippen LogP contribution in [0.25, 0.3) is 0 Å². The average molecular weight is 290 g/mol. The number of hydrogen-bond acceptors (Lipinski definition) is 4.